The Kier molecular flexibility index (Phi) is 5.93. The number of carboxylic acids is 1. The van der Waals surface area contributed by atoms with E-state index in [4.69, 9.17) is 14.6 Å². The number of hydrogen-bond acceptors (Lipinski definition) is 5. The van der Waals surface area contributed by atoms with E-state index >= 15 is 0 Å². The van der Waals surface area contributed by atoms with Gasteiger partial charge >= 0.3 is 5.97 Å². The molecular formula is C17H18N2O5. The lowest BCUT2D eigenvalue weighted by Gasteiger charge is -2.26. The van der Waals surface area contributed by atoms with Gasteiger partial charge in [-0.05, 0) is 30.7 Å². The first-order chi connectivity index (χ1) is 11.5. The van der Waals surface area contributed by atoms with Crippen molar-refractivity contribution in [2.45, 2.75) is 13.0 Å². The van der Waals surface area contributed by atoms with E-state index in [2.05, 4.69) is 0 Å². The second-order valence-corrected chi connectivity index (χ2v) is 5.24. The number of rotatable bonds is 5. The van der Waals surface area contributed by atoms with Gasteiger partial charge in [-0.25, -0.2) is 4.79 Å². The summed E-state index contributed by atoms with van der Waals surface area (Å²) in [6.07, 6.45) is 0.548. The summed E-state index contributed by atoms with van der Waals surface area (Å²) >= 11 is 0. The third-order valence-corrected chi connectivity index (χ3v) is 3.50. The molecule has 24 heavy (non-hydrogen) atoms. The van der Waals surface area contributed by atoms with Crippen LogP contribution in [0.4, 0.5) is 0 Å². The first-order valence-corrected chi connectivity index (χ1v) is 7.49. The van der Waals surface area contributed by atoms with Crippen LogP contribution >= 0.6 is 0 Å². The molecular weight excluding hydrogens is 312 g/mol. The summed E-state index contributed by atoms with van der Waals surface area (Å²) in [6, 6.07) is 8.44. The maximum absolute atomic E-state index is 12.3. The standard InChI is InChI=1S/C17H18N2O5/c1-12(17(21)22)24-15-4-2-13(3-5-15)10-14(11-18)16(20)19-6-8-23-9-7-19/h2-5,10,12H,6-9H2,1H3,(H,21,22)/b14-10+. The Morgan fingerprint density at radius 2 is 1.96 bits per heavy atom. The summed E-state index contributed by atoms with van der Waals surface area (Å²) < 4.78 is 10.4. The topological polar surface area (TPSA) is 99.9 Å². The molecule has 1 aliphatic heterocycles. The molecule has 0 aliphatic carbocycles. The monoisotopic (exact) mass is 330 g/mol. The molecule has 1 aliphatic rings. The van der Waals surface area contributed by atoms with Crippen molar-refractivity contribution in [3.05, 3.63) is 35.4 Å². The lowest BCUT2D eigenvalue weighted by Crippen LogP contribution is -2.41. The second kappa shape index (κ2) is 8.13. The average molecular weight is 330 g/mol. The van der Waals surface area contributed by atoms with Gasteiger partial charge in [0.25, 0.3) is 5.91 Å². The van der Waals surface area contributed by atoms with Crippen LogP contribution in [0.1, 0.15) is 12.5 Å². The summed E-state index contributed by atoms with van der Waals surface area (Å²) in [7, 11) is 0. The van der Waals surface area contributed by atoms with Crippen LogP contribution in [-0.4, -0.2) is 54.3 Å². The zero-order chi connectivity index (χ0) is 17.5. The Hall–Kier alpha value is -2.85. The van der Waals surface area contributed by atoms with E-state index in [0.717, 1.165) is 0 Å². The SMILES string of the molecule is CC(Oc1ccc(/C=C(\C#N)C(=O)N2CCOCC2)cc1)C(=O)O. The van der Waals surface area contributed by atoms with Gasteiger partial charge in [-0.3, -0.25) is 4.79 Å². The van der Waals surface area contributed by atoms with Crippen molar-refractivity contribution < 1.29 is 24.2 Å². The quantitative estimate of drug-likeness (QED) is 0.645. The molecule has 1 atom stereocenters. The molecule has 7 nitrogen and oxygen atoms in total. The molecule has 0 radical (unpaired) electrons. The van der Waals surface area contributed by atoms with Gasteiger partial charge in [-0.15, -0.1) is 0 Å². The minimum Gasteiger partial charge on any atom is -0.479 e. The highest BCUT2D eigenvalue weighted by atomic mass is 16.5. The van der Waals surface area contributed by atoms with E-state index in [0.29, 0.717) is 37.6 Å². The molecule has 1 heterocycles. The van der Waals surface area contributed by atoms with Gasteiger partial charge in [0.2, 0.25) is 0 Å². The van der Waals surface area contributed by atoms with Crippen LogP contribution < -0.4 is 4.74 Å². The number of carbonyl (C=O) groups excluding carboxylic acids is 1. The number of morpholine rings is 1. The molecule has 0 saturated carbocycles. The van der Waals surface area contributed by atoms with Crippen molar-refractivity contribution in [3.63, 3.8) is 0 Å². The van der Waals surface area contributed by atoms with Gasteiger partial charge in [0.15, 0.2) is 6.10 Å². The number of aliphatic carboxylic acids is 1. The second-order valence-electron chi connectivity index (χ2n) is 5.24. The van der Waals surface area contributed by atoms with Crippen molar-refractivity contribution in [2.75, 3.05) is 26.3 Å². The number of carboxylic acid groups (broad SMARTS) is 1. The lowest BCUT2D eigenvalue weighted by molar-refractivity contribution is -0.144. The van der Waals surface area contributed by atoms with Crippen molar-refractivity contribution >= 4 is 18.0 Å². The third kappa shape index (κ3) is 4.57. The third-order valence-electron chi connectivity index (χ3n) is 3.50. The zero-order valence-electron chi connectivity index (χ0n) is 13.3. The molecule has 1 fully saturated rings. The van der Waals surface area contributed by atoms with Crippen LogP contribution in [0.2, 0.25) is 0 Å². The van der Waals surface area contributed by atoms with Crippen LogP contribution in [0.3, 0.4) is 0 Å². The van der Waals surface area contributed by atoms with Crippen LogP contribution in [0, 0.1) is 11.3 Å². The smallest absolute Gasteiger partial charge is 0.344 e. The van der Waals surface area contributed by atoms with E-state index in [1.165, 1.54) is 13.0 Å². The molecule has 2 rings (SSSR count). The number of carbonyl (C=O) groups is 2. The van der Waals surface area contributed by atoms with E-state index in [-0.39, 0.29) is 11.5 Å². The highest BCUT2D eigenvalue weighted by Crippen LogP contribution is 2.17. The van der Waals surface area contributed by atoms with Crippen LogP contribution in [-0.2, 0) is 14.3 Å². The fourth-order valence-electron chi connectivity index (χ4n) is 2.14. The Bertz CT molecular complexity index is 669. The molecule has 126 valence electrons. The van der Waals surface area contributed by atoms with Crippen molar-refractivity contribution in [3.8, 4) is 11.8 Å². The molecule has 1 unspecified atom stereocenters. The van der Waals surface area contributed by atoms with Crippen LogP contribution in [0.15, 0.2) is 29.8 Å². The van der Waals surface area contributed by atoms with Gasteiger partial charge in [-0.1, -0.05) is 12.1 Å². The van der Waals surface area contributed by atoms with Gasteiger partial charge in [0.1, 0.15) is 17.4 Å². The number of ether oxygens (including phenoxy) is 2. The molecule has 7 heteroatoms. The van der Waals surface area contributed by atoms with Crippen LogP contribution in [0.5, 0.6) is 5.75 Å². The largest absolute Gasteiger partial charge is 0.479 e. The number of amides is 1. The number of nitrogens with zero attached hydrogens (tertiary/aromatic N) is 2. The summed E-state index contributed by atoms with van der Waals surface area (Å²) in [6.45, 7) is 3.32. The normalized spacial score (nSPS) is 16.2. The molecule has 1 amide bonds. The number of benzene rings is 1. The van der Waals surface area contributed by atoms with Crippen molar-refractivity contribution in [1.82, 2.24) is 4.90 Å². The van der Waals surface area contributed by atoms with E-state index in [9.17, 15) is 14.9 Å². The Morgan fingerprint density at radius 3 is 2.50 bits per heavy atom. The van der Waals surface area contributed by atoms with Gasteiger partial charge in [0.05, 0.1) is 13.2 Å². The molecule has 0 spiro atoms. The minimum absolute atomic E-state index is 0.0458. The summed E-state index contributed by atoms with van der Waals surface area (Å²) in [5, 5.41) is 18.0. The number of hydrogen-bond donors (Lipinski definition) is 1. The van der Waals surface area contributed by atoms with Gasteiger partial charge in [0, 0.05) is 13.1 Å². The molecule has 1 saturated heterocycles. The molecule has 0 bridgehead atoms. The minimum atomic E-state index is -1.05. The Labute approximate surface area is 139 Å². The van der Waals surface area contributed by atoms with Gasteiger partial charge in [-0.2, -0.15) is 5.26 Å². The maximum Gasteiger partial charge on any atom is 0.344 e. The molecule has 1 N–H and O–H groups in total. The fourth-order valence-corrected chi connectivity index (χ4v) is 2.14. The Morgan fingerprint density at radius 1 is 1.33 bits per heavy atom. The fraction of sp³-hybridized carbons (Fsp3) is 0.353. The zero-order valence-corrected chi connectivity index (χ0v) is 13.3. The predicted molar refractivity (Wildman–Crippen MR) is 85.2 cm³/mol. The first kappa shape index (κ1) is 17.5. The van der Waals surface area contributed by atoms with Crippen molar-refractivity contribution in [1.29, 1.82) is 5.26 Å². The summed E-state index contributed by atoms with van der Waals surface area (Å²) in [4.78, 5) is 24.7. The Balaban J connectivity index is 2.09. The van der Waals surface area contributed by atoms with Gasteiger partial charge < -0.3 is 19.5 Å². The average Bonchev–Trinajstić information content (AvgIpc) is 2.61. The van der Waals surface area contributed by atoms with Crippen LogP contribution in [0.25, 0.3) is 6.08 Å². The summed E-state index contributed by atoms with van der Waals surface area (Å²) in [5.41, 5.74) is 0.702. The van der Waals surface area contributed by atoms with Crippen molar-refractivity contribution in [2.24, 2.45) is 0 Å². The summed E-state index contributed by atoms with van der Waals surface area (Å²) in [5.74, 6) is -0.970. The lowest BCUT2D eigenvalue weighted by atomic mass is 10.1. The van der Waals surface area contributed by atoms with E-state index in [1.54, 1.807) is 29.2 Å². The maximum atomic E-state index is 12.3. The first-order valence-electron chi connectivity index (χ1n) is 7.49. The predicted octanol–water partition coefficient (Wildman–Crippen LogP) is 1.30. The molecule has 1 aromatic carbocycles. The van der Waals surface area contributed by atoms with E-state index in [1.807, 2.05) is 6.07 Å². The highest BCUT2D eigenvalue weighted by molar-refractivity contribution is 6.01. The number of nitriles is 1. The van der Waals surface area contributed by atoms with E-state index < -0.39 is 12.1 Å². The molecule has 0 aromatic heterocycles. The highest BCUT2D eigenvalue weighted by Gasteiger charge is 2.20. The molecule has 1 aromatic rings.